The molecule has 6 heteroatoms. The topological polar surface area (TPSA) is 77.2 Å². The molecule has 0 radical (unpaired) electrons. The molecular formula is C13H15N3O3. The smallest absolute Gasteiger partial charge is 0.308 e. The molecule has 0 bridgehead atoms. The minimum absolute atomic E-state index is 0.0359. The summed E-state index contributed by atoms with van der Waals surface area (Å²) >= 11 is 0. The van der Waals surface area contributed by atoms with Crippen LogP contribution in [0, 0.1) is 0 Å². The molecule has 1 heterocycles. The van der Waals surface area contributed by atoms with E-state index in [1.165, 1.54) is 0 Å². The minimum atomic E-state index is -0.358. The van der Waals surface area contributed by atoms with Crippen LogP contribution in [-0.2, 0) is 0 Å². The summed E-state index contributed by atoms with van der Waals surface area (Å²) in [5, 5.41) is 10.3. The number of amides is 1. The van der Waals surface area contributed by atoms with Gasteiger partial charge < -0.3 is 14.5 Å². The number of rotatable bonds is 5. The highest BCUT2D eigenvalue weighted by atomic mass is 16.5. The standard InChI is InChI=1S/C13H15N3O3/c1-3-7-14-11(17)13-16-15-12(19-13)9-5-4-6-10(8-9)18-2/h4-6,8H,3,7H2,1-2H3,(H,14,17). The molecule has 0 atom stereocenters. The first-order valence-corrected chi connectivity index (χ1v) is 6.00. The summed E-state index contributed by atoms with van der Waals surface area (Å²) in [5.74, 6) is 0.586. The van der Waals surface area contributed by atoms with Crippen molar-refractivity contribution in [3.8, 4) is 17.2 Å². The maximum absolute atomic E-state index is 11.6. The maximum atomic E-state index is 11.6. The first-order valence-electron chi connectivity index (χ1n) is 6.00. The lowest BCUT2D eigenvalue weighted by Gasteiger charge is -2.00. The van der Waals surface area contributed by atoms with Gasteiger partial charge in [-0.05, 0) is 24.6 Å². The van der Waals surface area contributed by atoms with Crippen LogP contribution in [0.1, 0.15) is 24.0 Å². The van der Waals surface area contributed by atoms with Crippen LogP contribution >= 0.6 is 0 Å². The van der Waals surface area contributed by atoms with Gasteiger partial charge in [-0.25, -0.2) is 0 Å². The zero-order valence-corrected chi connectivity index (χ0v) is 10.8. The summed E-state index contributed by atoms with van der Waals surface area (Å²) in [7, 11) is 1.58. The van der Waals surface area contributed by atoms with Crippen LogP contribution in [0.5, 0.6) is 5.75 Å². The van der Waals surface area contributed by atoms with Gasteiger partial charge in [0, 0.05) is 12.1 Å². The van der Waals surface area contributed by atoms with Crippen molar-refractivity contribution >= 4 is 5.91 Å². The van der Waals surface area contributed by atoms with E-state index in [4.69, 9.17) is 9.15 Å². The number of nitrogens with zero attached hydrogens (tertiary/aromatic N) is 2. The molecule has 2 rings (SSSR count). The Morgan fingerprint density at radius 2 is 2.26 bits per heavy atom. The number of carbonyl (C=O) groups excluding carboxylic acids is 1. The molecule has 0 aliphatic rings. The lowest BCUT2D eigenvalue weighted by Crippen LogP contribution is -2.24. The zero-order valence-electron chi connectivity index (χ0n) is 10.8. The van der Waals surface area contributed by atoms with Gasteiger partial charge in [0.25, 0.3) is 0 Å². The first kappa shape index (κ1) is 13.1. The second-order valence-corrected chi connectivity index (χ2v) is 3.90. The number of ether oxygens (including phenoxy) is 1. The quantitative estimate of drug-likeness (QED) is 0.889. The third-order valence-electron chi connectivity index (χ3n) is 2.47. The predicted molar refractivity (Wildman–Crippen MR) is 68.9 cm³/mol. The van der Waals surface area contributed by atoms with Crippen LogP contribution in [0.2, 0.25) is 0 Å². The average molecular weight is 261 g/mol. The normalized spacial score (nSPS) is 10.2. The van der Waals surface area contributed by atoms with E-state index in [1.807, 2.05) is 25.1 Å². The van der Waals surface area contributed by atoms with Gasteiger partial charge in [0.2, 0.25) is 5.89 Å². The van der Waals surface area contributed by atoms with E-state index in [0.717, 1.165) is 6.42 Å². The molecule has 0 fully saturated rings. The summed E-state index contributed by atoms with van der Waals surface area (Å²) in [6.45, 7) is 2.55. The van der Waals surface area contributed by atoms with Crippen LogP contribution in [-0.4, -0.2) is 29.8 Å². The monoisotopic (exact) mass is 261 g/mol. The van der Waals surface area contributed by atoms with Gasteiger partial charge in [-0.2, -0.15) is 0 Å². The summed E-state index contributed by atoms with van der Waals surface area (Å²) in [6.07, 6.45) is 0.850. The number of methoxy groups -OCH3 is 1. The molecule has 19 heavy (non-hydrogen) atoms. The summed E-state index contributed by atoms with van der Waals surface area (Å²) in [6, 6.07) is 7.20. The minimum Gasteiger partial charge on any atom is -0.497 e. The number of hydrogen-bond donors (Lipinski definition) is 1. The van der Waals surface area contributed by atoms with Gasteiger partial charge in [0.1, 0.15) is 5.75 Å². The second-order valence-electron chi connectivity index (χ2n) is 3.90. The van der Waals surface area contributed by atoms with Crippen molar-refractivity contribution in [2.45, 2.75) is 13.3 Å². The van der Waals surface area contributed by atoms with Crippen molar-refractivity contribution in [3.63, 3.8) is 0 Å². The van der Waals surface area contributed by atoms with Crippen molar-refractivity contribution in [3.05, 3.63) is 30.2 Å². The van der Waals surface area contributed by atoms with E-state index in [1.54, 1.807) is 13.2 Å². The Morgan fingerprint density at radius 1 is 1.42 bits per heavy atom. The molecule has 1 amide bonds. The highest BCUT2D eigenvalue weighted by Crippen LogP contribution is 2.22. The van der Waals surface area contributed by atoms with Crippen LogP contribution in [0.3, 0.4) is 0 Å². The van der Waals surface area contributed by atoms with Crippen LogP contribution in [0.4, 0.5) is 0 Å². The van der Waals surface area contributed by atoms with E-state index in [0.29, 0.717) is 23.7 Å². The first-order chi connectivity index (χ1) is 9.24. The van der Waals surface area contributed by atoms with Crippen molar-refractivity contribution < 1.29 is 13.9 Å². The summed E-state index contributed by atoms with van der Waals surface area (Å²) < 4.78 is 10.5. The van der Waals surface area contributed by atoms with Gasteiger partial charge in [0.05, 0.1) is 7.11 Å². The van der Waals surface area contributed by atoms with E-state index >= 15 is 0 Å². The number of carbonyl (C=O) groups is 1. The lowest BCUT2D eigenvalue weighted by atomic mass is 10.2. The molecule has 0 saturated carbocycles. The fraction of sp³-hybridized carbons (Fsp3) is 0.308. The molecule has 0 aliphatic heterocycles. The highest BCUT2D eigenvalue weighted by molar-refractivity contribution is 5.89. The molecule has 100 valence electrons. The Bertz CT molecular complexity index is 566. The average Bonchev–Trinajstić information content (AvgIpc) is 2.94. The van der Waals surface area contributed by atoms with Crippen molar-refractivity contribution in [1.29, 1.82) is 0 Å². The molecule has 6 nitrogen and oxygen atoms in total. The Hall–Kier alpha value is -2.37. The Kier molecular flexibility index (Phi) is 4.12. The largest absolute Gasteiger partial charge is 0.497 e. The van der Waals surface area contributed by atoms with Crippen LogP contribution < -0.4 is 10.1 Å². The molecule has 0 aliphatic carbocycles. The second kappa shape index (κ2) is 5.99. The fourth-order valence-corrected chi connectivity index (χ4v) is 1.50. The van der Waals surface area contributed by atoms with Crippen molar-refractivity contribution in [1.82, 2.24) is 15.5 Å². The molecular weight excluding hydrogens is 246 g/mol. The van der Waals surface area contributed by atoms with E-state index in [2.05, 4.69) is 15.5 Å². The van der Waals surface area contributed by atoms with Gasteiger partial charge in [0.15, 0.2) is 0 Å². The van der Waals surface area contributed by atoms with Gasteiger partial charge in [-0.1, -0.05) is 13.0 Å². The Balaban J connectivity index is 2.18. The summed E-state index contributed by atoms with van der Waals surface area (Å²) in [4.78, 5) is 11.6. The van der Waals surface area contributed by atoms with Gasteiger partial charge in [-0.15, -0.1) is 10.2 Å². The van der Waals surface area contributed by atoms with Crippen molar-refractivity contribution in [2.24, 2.45) is 0 Å². The highest BCUT2D eigenvalue weighted by Gasteiger charge is 2.15. The number of nitrogens with one attached hydrogen (secondary N) is 1. The van der Waals surface area contributed by atoms with E-state index in [9.17, 15) is 4.79 Å². The number of benzene rings is 1. The molecule has 2 aromatic rings. The van der Waals surface area contributed by atoms with Crippen molar-refractivity contribution in [2.75, 3.05) is 13.7 Å². The SMILES string of the molecule is CCCNC(=O)c1nnc(-c2cccc(OC)c2)o1. The fourth-order valence-electron chi connectivity index (χ4n) is 1.50. The molecule has 1 aromatic heterocycles. The molecule has 0 saturated heterocycles. The Labute approximate surface area is 110 Å². The molecule has 1 aromatic carbocycles. The third-order valence-corrected chi connectivity index (χ3v) is 2.47. The molecule has 0 spiro atoms. The predicted octanol–water partition coefficient (Wildman–Crippen LogP) is 1.88. The number of aromatic nitrogens is 2. The van der Waals surface area contributed by atoms with Crippen LogP contribution in [0.25, 0.3) is 11.5 Å². The van der Waals surface area contributed by atoms with Gasteiger partial charge >= 0.3 is 11.8 Å². The van der Waals surface area contributed by atoms with Crippen LogP contribution in [0.15, 0.2) is 28.7 Å². The maximum Gasteiger partial charge on any atom is 0.308 e. The lowest BCUT2D eigenvalue weighted by molar-refractivity contribution is 0.0919. The van der Waals surface area contributed by atoms with E-state index in [-0.39, 0.29) is 11.8 Å². The van der Waals surface area contributed by atoms with Gasteiger partial charge in [-0.3, -0.25) is 4.79 Å². The molecule has 1 N–H and O–H groups in total. The third kappa shape index (κ3) is 3.09. The number of hydrogen-bond acceptors (Lipinski definition) is 5. The zero-order chi connectivity index (χ0) is 13.7. The Morgan fingerprint density at radius 3 is 3.00 bits per heavy atom. The van der Waals surface area contributed by atoms with E-state index < -0.39 is 0 Å². The summed E-state index contributed by atoms with van der Waals surface area (Å²) in [5.41, 5.74) is 0.710. The molecule has 0 unspecified atom stereocenters.